The van der Waals surface area contributed by atoms with Crippen molar-refractivity contribution in [3.63, 3.8) is 0 Å². The van der Waals surface area contributed by atoms with Gasteiger partial charge >= 0.3 is 0 Å². The summed E-state index contributed by atoms with van der Waals surface area (Å²) in [5.41, 5.74) is 3.34. The number of para-hydroxylation sites is 1. The molecule has 0 saturated carbocycles. The van der Waals surface area contributed by atoms with E-state index in [1.807, 2.05) is 18.2 Å². The third kappa shape index (κ3) is 3.75. The van der Waals surface area contributed by atoms with Gasteiger partial charge in [-0.15, -0.1) is 0 Å². The first-order valence-electron chi connectivity index (χ1n) is 9.01. The van der Waals surface area contributed by atoms with E-state index < -0.39 is 5.91 Å². The number of anilines is 1. The molecule has 2 aromatic carbocycles. The topological polar surface area (TPSA) is 62.3 Å². The number of benzene rings is 2. The Bertz CT molecular complexity index is 1050. The summed E-state index contributed by atoms with van der Waals surface area (Å²) in [7, 11) is 0. The van der Waals surface area contributed by atoms with Gasteiger partial charge in [0.25, 0.3) is 11.8 Å². The van der Waals surface area contributed by atoms with Crippen molar-refractivity contribution in [2.75, 3.05) is 11.9 Å². The van der Waals surface area contributed by atoms with Crippen LogP contribution in [0, 0.1) is 0 Å². The van der Waals surface area contributed by atoms with Crippen LogP contribution in [0.2, 0.25) is 5.02 Å². The molecule has 2 amide bonds. The van der Waals surface area contributed by atoms with Crippen LogP contribution < -0.4 is 5.32 Å². The van der Waals surface area contributed by atoms with Crippen LogP contribution in [0.5, 0.6) is 0 Å². The van der Waals surface area contributed by atoms with Crippen LogP contribution in [-0.2, 0) is 13.0 Å². The van der Waals surface area contributed by atoms with Crippen LogP contribution in [0.1, 0.15) is 32.1 Å². The fraction of sp³-hybridized carbons (Fsp3) is 0.136. The van der Waals surface area contributed by atoms with Crippen molar-refractivity contribution in [3.8, 4) is 0 Å². The van der Waals surface area contributed by atoms with Crippen molar-refractivity contribution < 1.29 is 9.59 Å². The van der Waals surface area contributed by atoms with Gasteiger partial charge in [0.05, 0.1) is 10.7 Å². The van der Waals surface area contributed by atoms with Gasteiger partial charge in [-0.05, 0) is 41.8 Å². The molecule has 1 N–H and O–H groups in total. The normalized spacial score (nSPS) is 13.0. The van der Waals surface area contributed by atoms with Crippen molar-refractivity contribution >= 4 is 29.1 Å². The fourth-order valence-electron chi connectivity index (χ4n) is 3.26. The van der Waals surface area contributed by atoms with Gasteiger partial charge in [0, 0.05) is 13.1 Å². The molecule has 6 heteroatoms. The highest BCUT2D eigenvalue weighted by Crippen LogP contribution is 2.22. The summed E-state index contributed by atoms with van der Waals surface area (Å²) >= 11 is 6.08. The van der Waals surface area contributed by atoms with Crippen molar-refractivity contribution in [2.45, 2.75) is 13.0 Å². The first-order chi connectivity index (χ1) is 13.6. The molecule has 0 spiro atoms. The molecule has 2 heterocycles. The standard InChI is InChI=1S/C22H18ClN3O2/c23-17-8-3-4-9-18(17)25-21(27)19-10-5-11-20(24-19)22(28)26-13-12-15-6-1-2-7-16(15)14-26/h1-11H,12-14H2,(H,25,27). The summed E-state index contributed by atoms with van der Waals surface area (Å²) in [6.45, 7) is 1.18. The molecule has 0 saturated heterocycles. The van der Waals surface area contributed by atoms with Crippen molar-refractivity contribution in [2.24, 2.45) is 0 Å². The first-order valence-corrected chi connectivity index (χ1v) is 9.38. The molecule has 0 aliphatic carbocycles. The van der Waals surface area contributed by atoms with Gasteiger partial charge in [-0.2, -0.15) is 0 Å². The van der Waals surface area contributed by atoms with Crippen LogP contribution in [0.4, 0.5) is 5.69 Å². The Balaban J connectivity index is 1.51. The molecule has 0 unspecified atom stereocenters. The van der Waals surface area contributed by atoms with E-state index in [1.54, 1.807) is 47.4 Å². The molecule has 0 radical (unpaired) electrons. The highest BCUT2D eigenvalue weighted by molar-refractivity contribution is 6.33. The van der Waals surface area contributed by atoms with Gasteiger partial charge in [0.1, 0.15) is 11.4 Å². The molecule has 0 fully saturated rings. The monoisotopic (exact) mass is 391 g/mol. The molecule has 1 aliphatic rings. The minimum atomic E-state index is -0.410. The predicted octanol–water partition coefficient (Wildman–Crippen LogP) is 4.19. The Morgan fingerprint density at radius 3 is 2.43 bits per heavy atom. The number of nitrogens with zero attached hydrogens (tertiary/aromatic N) is 2. The molecule has 0 bridgehead atoms. The largest absolute Gasteiger partial charge is 0.333 e. The molecular weight excluding hydrogens is 374 g/mol. The zero-order valence-electron chi connectivity index (χ0n) is 15.1. The number of carbonyl (C=O) groups is 2. The Kier molecular flexibility index (Phi) is 5.08. The molecular formula is C22H18ClN3O2. The third-order valence-electron chi connectivity index (χ3n) is 4.74. The maximum Gasteiger partial charge on any atom is 0.274 e. The van der Waals surface area contributed by atoms with Gasteiger partial charge in [-0.1, -0.05) is 54.1 Å². The van der Waals surface area contributed by atoms with Gasteiger partial charge < -0.3 is 10.2 Å². The van der Waals surface area contributed by atoms with Crippen LogP contribution >= 0.6 is 11.6 Å². The lowest BCUT2D eigenvalue weighted by atomic mass is 10.00. The lowest BCUT2D eigenvalue weighted by molar-refractivity contribution is 0.0728. The molecule has 3 aromatic rings. The average Bonchev–Trinajstić information content (AvgIpc) is 2.74. The fourth-order valence-corrected chi connectivity index (χ4v) is 3.44. The van der Waals surface area contributed by atoms with Crippen molar-refractivity contribution in [1.29, 1.82) is 0 Å². The number of halogens is 1. The van der Waals surface area contributed by atoms with Gasteiger partial charge in [-0.25, -0.2) is 4.98 Å². The molecule has 0 atom stereocenters. The summed E-state index contributed by atoms with van der Waals surface area (Å²) in [6, 6.07) is 20.0. The van der Waals surface area contributed by atoms with Gasteiger partial charge in [0.15, 0.2) is 0 Å². The van der Waals surface area contributed by atoms with Crippen LogP contribution in [0.25, 0.3) is 0 Å². The number of hydrogen-bond donors (Lipinski definition) is 1. The minimum absolute atomic E-state index is 0.170. The molecule has 28 heavy (non-hydrogen) atoms. The third-order valence-corrected chi connectivity index (χ3v) is 5.07. The first kappa shape index (κ1) is 18.2. The minimum Gasteiger partial charge on any atom is -0.333 e. The zero-order chi connectivity index (χ0) is 19.5. The van der Waals surface area contributed by atoms with Crippen molar-refractivity contribution in [3.05, 3.63) is 94.3 Å². The molecule has 4 rings (SSSR count). The van der Waals surface area contributed by atoms with Gasteiger partial charge in [-0.3, -0.25) is 9.59 Å². The number of aromatic nitrogens is 1. The summed E-state index contributed by atoms with van der Waals surface area (Å²) in [4.78, 5) is 31.5. The van der Waals surface area contributed by atoms with E-state index in [9.17, 15) is 9.59 Å². The van der Waals surface area contributed by atoms with Crippen molar-refractivity contribution in [1.82, 2.24) is 9.88 Å². The Hall–Kier alpha value is -3.18. The second kappa shape index (κ2) is 7.82. The highest BCUT2D eigenvalue weighted by Gasteiger charge is 2.23. The van der Waals surface area contributed by atoms with E-state index in [2.05, 4.69) is 16.4 Å². The smallest absolute Gasteiger partial charge is 0.274 e. The number of rotatable bonds is 3. The number of carbonyl (C=O) groups excluding carboxylic acids is 2. The van der Waals surface area contributed by atoms with Crippen LogP contribution in [0.3, 0.4) is 0 Å². The SMILES string of the molecule is O=C(Nc1ccccc1Cl)c1cccc(C(=O)N2CCc3ccccc3C2)n1. The van der Waals surface area contributed by atoms with E-state index >= 15 is 0 Å². The summed E-state index contributed by atoms with van der Waals surface area (Å²) in [5, 5.41) is 3.17. The van der Waals surface area contributed by atoms with E-state index in [1.165, 1.54) is 5.56 Å². The predicted molar refractivity (Wildman–Crippen MR) is 109 cm³/mol. The van der Waals surface area contributed by atoms with Gasteiger partial charge in [0.2, 0.25) is 0 Å². The van der Waals surface area contributed by atoms with E-state index in [0.29, 0.717) is 23.8 Å². The van der Waals surface area contributed by atoms with E-state index in [0.717, 1.165) is 12.0 Å². The lowest BCUT2D eigenvalue weighted by Gasteiger charge is -2.28. The molecule has 1 aromatic heterocycles. The quantitative estimate of drug-likeness (QED) is 0.728. The number of hydrogen-bond acceptors (Lipinski definition) is 3. The number of nitrogens with one attached hydrogen (secondary N) is 1. The highest BCUT2D eigenvalue weighted by atomic mass is 35.5. The molecule has 5 nitrogen and oxygen atoms in total. The molecule has 140 valence electrons. The number of fused-ring (bicyclic) bond motifs is 1. The van der Waals surface area contributed by atoms with E-state index in [-0.39, 0.29) is 17.3 Å². The maximum absolute atomic E-state index is 12.9. The zero-order valence-corrected chi connectivity index (χ0v) is 15.8. The Morgan fingerprint density at radius 2 is 1.61 bits per heavy atom. The number of amides is 2. The van der Waals surface area contributed by atoms with E-state index in [4.69, 9.17) is 11.6 Å². The average molecular weight is 392 g/mol. The Morgan fingerprint density at radius 1 is 0.893 bits per heavy atom. The maximum atomic E-state index is 12.9. The lowest BCUT2D eigenvalue weighted by Crippen LogP contribution is -2.36. The number of pyridine rings is 1. The van der Waals surface area contributed by atoms with Crippen LogP contribution in [-0.4, -0.2) is 28.2 Å². The second-order valence-corrected chi connectivity index (χ2v) is 6.99. The second-order valence-electron chi connectivity index (χ2n) is 6.59. The summed E-state index contributed by atoms with van der Waals surface area (Å²) in [5.74, 6) is -0.589. The van der Waals surface area contributed by atoms with Crippen LogP contribution in [0.15, 0.2) is 66.7 Å². The Labute approximate surface area is 168 Å². The summed E-state index contributed by atoms with van der Waals surface area (Å²) < 4.78 is 0. The molecule has 1 aliphatic heterocycles. The summed E-state index contributed by atoms with van der Waals surface area (Å²) in [6.07, 6.45) is 0.814.